The van der Waals surface area contributed by atoms with Gasteiger partial charge in [0.1, 0.15) is 5.82 Å². The smallest absolute Gasteiger partial charge is 0.130 e. The number of aryl methyl sites for hydroxylation is 3. The van der Waals surface area contributed by atoms with Crippen LogP contribution in [0.2, 0.25) is 0 Å². The molecule has 0 bridgehead atoms. The molecule has 2 rings (SSSR count). The van der Waals surface area contributed by atoms with Gasteiger partial charge in [0.15, 0.2) is 0 Å². The Morgan fingerprint density at radius 2 is 2.11 bits per heavy atom. The summed E-state index contributed by atoms with van der Waals surface area (Å²) >= 11 is 0. The van der Waals surface area contributed by atoms with Crippen LogP contribution in [0.3, 0.4) is 0 Å². The number of benzene rings is 1. The molecule has 1 atom stereocenters. The Bertz CT molecular complexity index is 543. The van der Waals surface area contributed by atoms with Crippen LogP contribution in [0.15, 0.2) is 30.6 Å². The Morgan fingerprint density at radius 3 is 2.74 bits per heavy atom. The molecule has 3 heteroatoms. The molecule has 19 heavy (non-hydrogen) atoms. The Labute approximate surface area is 115 Å². The van der Waals surface area contributed by atoms with Gasteiger partial charge in [0.05, 0.1) is 6.04 Å². The van der Waals surface area contributed by atoms with Crippen molar-refractivity contribution >= 4 is 0 Å². The van der Waals surface area contributed by atoms with Crippen LogP contribution in [0, 0.1) is 13.8 Å². The molecule has 1 aromatic heterocycles. The molecule has 1 aromatic carbocycles. The number of nitrogens with zero attached hydrogens (tertiary/aromatic N) is 2. The molecule has 0 saturated carbocycles. The Kier molecular flexibility index (Phi) is 4.38. The van der Waals surface area contributed by atoms with E-state index >= 15 is 0 Å². The zero-order chi connectivity index (χ0) is 13.8. The number of hydrogen-bond donors (Lipinski definition) is 1. The van der Waals surface area contributed by atoms with E-state index in [4.69, 9.17) is 0 Å². The van der Waals surface area contributed by atoms with Gasteiger partial charge in [-0.1, -0.05) is 30.7 Å². The van der Waals surface area contributed by atoms with Gasteiger partial charge in [0.2, 0.25) is 0 Å². The quantitative estimate of drug-likeness (QED) is 0.891. The minimum Gasteiger partial charge on any atom is -0.333 e. The van der Waals surface area contributed by atoms with Gasteiger partial charge in [-0.2, -0.15) is 0 Å². The molecule has 102 valence electrons. The molecule has 3 nitrogen and oxygen atoms in total. The third-order valence-electron chi connectivity index (χ3n) is 3.50. The Balaban J connectivity index is 2.41. The Morgan fingerprint density at radius 1 is 1.32 bits per heavy atom. The van der Waals surface area contributed by atoms with Crippen molar-refractivity contribution in [1.82, 2.24) is 14.9 Å². The van der Waals surface area contributed by atoms with Crippen LogP contribution in [0.1, 0.15) is 41.9 Å². The standard InChI is InChI=1S/C16H23N3/c1-5-9-19-10-8-18-16(19)15(17-4)14-7-6-12(2)11-13(14)3/h6-8,10-11,15,17H,5,9H2,1-4H3. The summed E-state index contributed by atoms with van der Waals surface area (Å²) in [5.41, 5.74) is 3.91. The zero-order valence-corrected chi connectivity index (χ0v) is 12.3. The van der Waals surface area contributed by atoms with E-state index in [1.807, 2.05) is 13.2 Å². The van der Waals surface area contributed by atoms with E-state index in [0.717, 1.165) is 18.8 Å². The highest BCUT2D eigenvalue weighted by Gasteiger charge is 2.18. The summed E-state index contributed by atoms with van der Waals surface area (Å²) in [4.78, 5) is 4.55. The first-order chi connectivity index (χ1) is 9.17. The predicted octanol–water partition coefficient (Wildman–Crippen LogP) is 3.22. The lowest BCUT2D eigenvalue weighted by atomic mass is 9.98. The molecule has 0 spiro atoms. The topological polar surface area (TPSA) is 29.9 Å². The summed E-state index contributed by atoms with van der Waals surface area (Å²) in [6.45, 7) is 7.50. The van der Waals surface area contributed by atoms with Crippen molar-refractivity contribution in [3.63, 3.8) is 0 Å². The van der Waals surface area contributed by atoms with Crippen LogP contribution in [0.4, 0.5) is 0 Å². The number of hydrogen-bond acceptors (Lipinski definition) is 2. The maximum Gasteiger partial charge on any atom is 0.130 e. The predicted molar refractivity (Wildman–Crippen MR) is 79.3 cm³/mol. The molecule has 1 heterocycles. The van der Waals surface area contributed by atoms with Gasteiger partial charge in [-0.05, 0) is 38.4 Å². The lowest BCUT2D eigenvalue weighted by Crippen LogP contribution is -2.23. The molecule has 1 unspecified atom stereocenters. The molecule has 0 radical (unpaired) electrons. The summed E-state index contributed by atoms with van der Waals surface area (Å²) in [5, 5.41) is 3.40. The fraction of sp³-hybridized carbons (Fsp3) is 0.438. The van der Waals surface area contributed by atoms with Crippen molar-refractivity contribution in [1.29, 1.82) is 0 Å². The van der Waals surface area contributed by atoms with E-state index < -0.39 is 0 Å². The second kappa shape index (κ2) is 6.02. The first kappa shape index (κ1) is 13.8. The molecule has 2 aromatic rings. The van der Waals surface area contributed by atoms with Crippen LogP contribution < -0.4 is 5.32 Å². The lowest BCUT2D eigenvalue weighted by Gasteiger charge is -2.20. The SMILES string of the molecule is CCCn1ccnc1C(NC)c1ccc(C)cc1C. The van der Waals surface area contributed by atoms with Crippen LogP contribution in [-0.2, 0) is 6.54 Å². The van der Waals surface area contributed by atoms with Crippen molar-refractivity contribution in [2.45, 2.75) is 39.8 Å². The monoisotopic (exact) mass is 257 g/mol. The maximum absolute atomic E-state index is 4.55. The summed E-state index contributed by atoms with van der Waals surface area (Å²) in [5.74, 6) is 1.09. The molecule has 0 aliphatic heterocycles. The van der Waals surface area contributed by atoms with E-state index in [9.17, 15) is 0 Å². The highest BCUT2D eigenvalue weighted by Crippen LogP contribution is 2.24. The molecule has 0 fully saturated rings. The number of imidazole rings is 1. The minimum absolute atomic E-state index is 0.155. The van der Waals surface area contributed by atoms with Crippen molar-refractivity contribution in [2.24, 2.45) is 0 Å². The first-order valence-corrected chi connectivity index (χ1v) is 6.92. The van der Waals surface area contributed by atoms with E-state index in [1.54, 1.807) is 0 Å². The van der Waals surface area contributed by atoms with Crippen LogP contribution in [0.25, 0.3) is 0 Å². The van der Waals surface area contributed by atoms with E-state index in [2.05, 4.69) is 60.0 Å². The lowest BCUT2D eigenvalue weighted by molar-refractivity contribution is 0.566. The second-order valence-corrected chi connectivity index (χ2v) is 5.06. The number of rotatable bonds is 5. The van der Waals surface area contributed by atoms with Crippen LogP contribution in [0.5, 0.6) is 0 Å². The molecular weight excluding hydrogens is 234 g/mol. The minimum atomic E-state index is 0.155. The second-order valence-electron chi connectivity index (χ2n) is 5.06. The molecule has 0 saturated heterocycles. The van der Waals surface area contributed by atoms with Gasteiger partial charge in [0.25, 0.3) is 0 Å². The van der Waals surface area contributed by atoms with Gasteiger partial charge in [-0.25, -0.2) is 4.98 Å². The maximum atomic E-state index is 4.55. The zero-order valence-electron chi connectivity index (χ0n) is 12.3. The van der Waals surface area contributed by atoms with Gasteiger partial charge >= 0.3 is 0 Å². The molecule has 0 amide bonds. The average Bonchev–Trinajstić information content (AvgIpc) is 2.82. The molecule has 0 aliphatic rings. The highest BCUT2D eigenvalue weighted by atomic mass is 15.1. The summed E-state index contributed by atoms with van der Waals surface area (Å²) in [7, 11) is 1.99. The van der Waals surface area contributed by atoms with Gasteiger partial charge in [-0.3, -0.25) is 0 Å². The highest BCUT2D eigenvalue weighted by molar-refractivity contribution is 5.35. The van der Waals surface area contributed by atoms with Gasteiger partial charge in [-0.15, -0.1) is 0 Å². The first-order valence-electron chi connectivity index (χ1n) is 6.92. The van der Waals surface area contributed by atoms with Crippen molar-refractivity contribution in [3.05, 3.63) is 53.1 Å². The van der Waals surface area contributed by atoms with Crippen molar-refractivity contribution in [3.8, 4) is 0 Å². The van der Waals surface area contributed by atoms with E-state index in [1.165, 1.54) is 16.7 Å². The van der Waals surface area contributed by atoms with Crippen molar-refractivity contribution < 1.29 is 0 Å². The summed E-state index contributed by atoms with van der Waals surface area (Å²) in [6.07, 6.45) is 5.07. The van der Waals surface area contributed by atoms with Crippen LogP contribution >= 0.6 is 0 Å². The van der Waals surface area contributed by atoms with E-state index in [-0.39, 0.29) is 6.04 Å². The summed E-state index contributed by atoms with van der Waals surface area (Å²) < 4.78 is 2.24. The Hall–Kier alpha value is -1.61. The molecule has 1 N–H and O–H groups in total. The normalized spacial score (nSPS) is 12.6. The average molecular weight is 257 g/mol. The van der Waals surface area contributed by atoms with E-state index in [0.29, 0.717) is 0 Å². The van der Waals surface area contributed by atoms with Crippen molar-refractivity contribution in [2.75, 3.05) is 7.05 Å². The third-order valence-corrected chi connectivity index (χ3v) is 3.50. The number of aromatic nitrogens is 2. The molecular formula is C16H23N3. The summed E-state index contributed by atoms with van der Waals surface area (Å²) in [6, 6.07) is 6.76. The fourth-order valence-electron chi connectivity index (χ4n) is 2.58. The fourth-order valence-corrected chi connectivity index (χ4v) is 2.58. The van der Waals surface area contributed by atoms with Gasteiger partial charge in [0, 0.05) is 18.9 Å². The molecule has 0 aliphatic carbocycles. The van der Waals surface area contributed by atoms with Crippen LogP contribution in [-0.4, -0.2) is 16.6 Å². The van der Waals surface area contributed by atoms with Gasteiger partial charge < -0.3 is 9.88 Å². The largest absolute Gasteiger partial charge is 0.333 e. The third kappa shape index (κ3) is 2.87. The number of nitrogens with one attached hydrogen (secondary N) is 1.